The average Bonchev–Trinajstić information content (AvgIpc) is 2.77. The minimum Gasteiger partial charge on any atom is -0.338 e. The Labute approximate surface area is 172 Å². The molecule has 0 spiro atoms. The zero-order chi connectivity index (χ0) is 20.5. The Kier molecular flexibility index (Phi) is 7.64. The Morgan fingerprint density at radius 3 is 2.45 bits per heavy atom. The highest BCUT2D eigenvalue weighted by molar-refractivity contribution is 5.90. The van der Waals surface area contributed by atoms with Crippen molar-refractivity contribution in [3.05, 3.63) is 66.2 Å². The molecule has 1 aliphatic rings. The van der Waals surface area contributed by atoms with Gasteiger partial charge in [-0.05, 0) is 43.5 Å². The number of amides is 3. The lowest BCUT2D eigenvalue weighted by Crippen LogP contribution is -2.48. The van der Waals surface area contributed by atoms with Crippen LogP contribution in [0.3, 0.4) is 0 Å². The van der Waals surface area contributed by atoms with Crippen molar-refractivity contribution in [1.82, 2.24) is 9.80 Å². The summed E-state index contributed by atoms with van der Waals surface area (Å²) in [6.45, 7) is 2.88. The SMILES string of the molecule is NCCCN(Cc1ccccc1)C(=O)C1CCCN(C(=O)Nc2ccccc2)C1. The molecule has 2 aromatic carbocycles. The molecule has 29 heavy (non-hydrogen) atoms. The Hall–Kier alpha value is -2.86. The largest absolute Gasteiger partial charge is 0.338 e. The third-order valence-corrected chi connectivity index (χ3v) is 5.24. The molecule has 0 radical (unpaired) electrons. The lowest BCUT2D eigenvalue weighted by atomic mass is 9.96. The summed E-state index contributed by atoms with van der Waals surface area (Å²) in [6, 6.07) is 19.3. The molecule has 1 unspecified atom stereocenters. The highest BCUT2D eigenvalue weighted by atomic mass is 16.2. The molecule has 6 heteroatoms. The molecule has 3 rings (SSSR count). The van der Waals surface area contributed by atoms with E-state index in [4.69, 9.17) is 5.73 Å². The van der Waals surface area contributed by atoms with Gasteiger partial charge >= 0.3 is 6.03 Å². The van der Waals surface area contributed by atoms with Crippen molar-refractivity contribution in [1.29, 1.82) is 0 Å². The van der Waals surface area contributed by atoms with E-state index in [0.29, 0.717) is 32.7 Å². The predicted molar refractivity (Wildman–Crippen MR) is 115 cm³/mol. The van der Waals surface area contributed by atoms with Crippen molar-refractivity contribution in [3.63, 3.8) is 0 Å². The molecule has 1 fully saturated rings. The van der Waals surface area contributed by atoms with Crippen LogP contribution in [0.15, 0.2) is 60.7 Å². The van der Waals surface area contributed by atoms with E-state index in [1.54, 1.807) is 4.90 Å². The monoisotopic (exact) mass is 394 g/mol. The molecular formula is C23H30N4O2. The number of carbonyl (C=O) groups excluding carboxylic acids is 2. The number of likely N-dealkylation sites (tertiary alicyclic amines) is 1. The van der Waals surface area contributed by atoms with Gasteiger partial charge in [0.1, 0.15) is 0 Å². The van der Waals surface area contributed by atoms with Crippen molar-refractivity contribution in [2.24, 2.45) is 11.7 Å². The fraction of sp³-hybridized carbons (Fsp3) is 0.391. The van der Waals surface area contributed by atoms with E-state index in [1.807, 2.05) is 65.6 Å². The van der Waals surface area contributed by atoms with Crippen molar-refractivity contribution >= 4 is 17.6 Å². The van der Waals surface area contributed by atoms with Gasteiger partial charge in [-0.2, -0.15) is 0 Å². The van der Waals surface area contributed by atoms with E-state index < -0.39 is 0 Å². The van der Waals surface area contributed by atoms with E-state index in [9.17, 15) is 9.59 Å². The number of carbonyl (C=O) groups is 2. The summed E-state index contributed by atoms with van der Waals surface area (Å²) in [7, 11) is 0. The number of nitrogens with zero attached hydrogens (tertiary/aromatic N) is 2. The van der Waals surface area contributed by atoms with E-state index in [2.05, 4.69) is 5.32 Å². The maximum atomic E-state index is 13.3. The van der Waals surface area contributed by atoms with Crippen LogP contribution in [0.25, 0.3) is 0 Å². The number of piperidine rings is 1. The van der Waals surface area contributed by atoms with Gasteiger partial charge in [-0.1, -0.05) is 48.5 Å². The number of anilines is 1. The topological polar surface area (TPSA) is 78.7 Å². The fourth-order valence-corrected chi connectivity index (χ4v) is 3.70. The molecule has 6 nitrogen and oxygen atoms in total. The van der Waals surface area contributed by atoms with E-state index in [1.165, 1.54) is 0 Å². The number of benzene rings is 2. The van der Waals surface area contributed by atoms with Crippen molar-refractivity contribution < 1.29 is 9.59 Å². The first-order chi connectivity index (χ1) is 14.2. The van der Waals surface area contributed by atoms with Gasteiger partial charge in [0.2, 0.25) is 5.91 Å². The summed E-state index contributed by atoms with van der Waals surface area (Å²) in [5.41, 5.74) is 7.55. The number of hydrogen-bond acceptors (Lipinski definition) is 3. The summed E-state index contributed by atoms with van der Waals surface area (Å²) in [5.74, 6) is -0.0636. The number of para-hydroxylation sites is 1. The minimum absolute atomic E-state index is 0.111. The number of urea groups is 1. The Bertz CT molecular complexity index is 782. The van der Waals surface area contributed by atoms with Crippen molar-refractivity contribution in [2.45, 2.75) is 25.8 Å². The smallest absolute Gasteiger partial charge is 0.321 e. The van der Waals surface area contributed by atoms with Crippen LogP contribution in [0.2, 0.25) is 0 Å². The quantitative estimate of drug-likeness (QED) is 0.756. The van der Waals surface area contributed by atoms with Gasteiger partial charge in [0.05, 0.1) is 5.92 Å². The second-order valence-corrected chi connectivity index (χ2v) is 7.47. The summed E-state index contributed by atoms with van der Waals surface area (Å²) in [4.78, 5) is 29.6. The lowest BCUT2D eigenvalue weighted by Gasteiger charge is -2.35. The molecule has 1 saturated heterocycles. The van der Waals surface area contributed by atoms with Crippen LogP contribution < -0.4 is 11.1 Å². The van der Waals surface area contributed by atoms with Gasteiger partial charge in [-0.15, -0.1) is 0 Å². The molecule has 1 heterocycles. The van der Waals surface area contributed by atoms with Crippen molar-refractivity contribution in [2.75, 3.05) is 31.5 Å². The zero-order valence-corrected chi connectivity index (χ0v) is 16.8. The maximum Gasteiger partial charge on any atom is 0.321 e. The van der Waals surface area contributed by atoms with Crippen LogP contribution >= 0.6 is 0 Å². The molecule has 3 amide bonds. The van der Waals surface area contributed by atoms with Crippen LogP contribution in [0.5, 0.6) is 0 Å². The van der Waals surface area contributed by atoms with E-state index >= 15 is 0 Å². The van der Waals surface area contributed by atoms with Crippen LogP contribution in [-0.4, -0.2) is 47.9 Å². The van der Waals surface area contributed by atoms with Gasteiger partial charge in [-0.3, -0.25) is 4.79 Å². The molecule has 1 atom stereocenters. The van der Waals surface area contributed by atoms with Gasteiger partial charge in [0, 0.05) is 31.9 Å². The third kappa shape index (κ3) is 6.06. The molecule has 0 saturated carbocycles. The maximum absolute atomic E-state index is 13.3. The molecule has 3 N–H and O–H groups in total. The summed E-state index contributed by atoms with van der Waals surface area (Å²) < 4.78 is 0. The molecular weight excluding hydrogens is 364 g/mol. The summed E-state index contributed by atoms with van der Waals surface area (Å²) in [6.07, 6.45) is 2.40. The summed E-state index contributed by atoms with van der Waals surface area (Å²) in [5, 5.41) is 2.92. The molecule has 154 valence electrons. The number of nitrogens with two attached hydrogens (primary N) is 1. The Morgan fingerprint density at radius 2 is 1.76 bits per heavy atom. The fourth-order valence-electron chi connectivity index (χ4n) is 3.70. The molecule has 0 aromatic heterocycles. The second-order valence-electron chi connectivity index (χ2n) is 7.47. The standard InChI is InChI=1S/C23H30N4O2/c24-14-8-16-26(17-19-9-3-1-4-10-19)22(28)20-11-7-15-27(18-20)23(29)25-21-12-5-2-6-13-21/h1-6,9-10,12-13,20H,7-8,11,14-18,24H2,(H,25,29). The zero-order valence-electron chi connectivity index (χ0n) is 16.8. The van der Waals surface area contributed by atoms with Gasteiger partial charge in [0.15, 0.2) is 0 Å². The van der Waals surface area contributed by atoms with Gasteiger partial charge < -0.3 is 20.9 Å². The first-order valence-electron chi connectivity index (χ1n) is 10.3. The van der Waals surface area contributed by atoms with Crippen LogP contribution in [0, 0.1) is 5.92 Å². The van der Waals surface area contributed by atoms with Crippen molar-refractivity contribution in [3.8, 4) is 0 Å². The lowest BCUT2D eigenvalue weighted by molar-refractivity contribution is -0.137. The minimum atomic E-state index is -0.174. The highest BCUT2D eigenvalue weighted by Gasteiger charge is 2.31. The first kappa shape index (κ1) is 20.9. The molecule has 0 bridgehead atoms. The average molecular weight is 395 g/mol. The first-order valence-corrected chi connectivity index (χ1v) is 10.3. The second kappa shape index (κ2) is 10.6. The highest BCUT2D eigenvalue weighted by Crippen LogP contribution is 2.21. The van der Waals surface area contributed by atoms with Crippen LogP contribution in [0.1, 0.15) is 24.8 Å². The predicted octanol–water partition coefficient (Wildman–Crippen LogP) is 3.31. The third-order valence-electron chi connectivity index (χ3n) is 5.24. The van der Waals surface area contributed by atoms with E-state index in [0.717, 1.165) is 30.5 Å². The Morgan fingerprint density at radius 1 is 1.07 bits per heavy atom. The molecule has 1 aliphatic heterocycles. The number of nitrogens with one attached hydrogen (secondary N) is 1. The normalized spacial score (nSPS) is 16.3. The summed E-state index contributed by atoms with van der Waals surface area (Å²) >= 11 is 0. The molecule has 2 aromatic rings. The van der Waals surface area contributed by atoms with Gasteiger partial charge in [0.25, 0.3) is 0 Å². The van der Waals surface area contributed by atoms with Crippen LogP contribution in [0.4, 0.5) is 10.5 Å². The Balaban J connectivity index is 1.63. The van der Waals surface area contributed by atoms with Gasteiger partial charge in [-0.25, -0.2) is 4.79 Å². The van der Waals surface area contributed by atoms with Crippen LogP contribution in [-0.2, 0) is 11.3 Å². The number of hydrogen-bond donors (Lipinski definition) is 2. The molecule has 0 aliphatic carbocycles. The number of rotatable bonds is 7. The van der Waals surface area contributed by atoms with E-state index in [-0.39, 0.29) is 17.9 Å².